The fraction of sp³-hybridized carbons (Fsp3) is 0.600. The van der Waals surface area contributed by atoms with Crippen LogP contribution in [-0.4, -0.2) is 29.8 Å². The van der Waals surface area contributed by atoms with Crippen LogP contribution in [0.1, 0.15) is 0 Å². The Morgan fingerprint density at radius 2 is 2.00 bits per heavy atom. The molecule has 0 aromatic rings. The molecule has 0 unspecified atom stereocenters. The van der Waals surface area contributed by atoms with Crippen LogP contribution >= 0.6 is 0 Å². The minimum Gasteiger partial charge on any atom is -0.381 e. The van der Waals surface area contributed by atoms with E-state index >= 15 is 0 Å². The van der Waals surface area contributed by atoms with Crippen molar-refractivity contribution in [2.45, 2.75) is 0 Å². The van der Waals surface area contributed by atoms with E-state index in [9.17, 15) is 0 Å². The molecule has 0 saturated heterocycles. The first kappa shape index (κ1) is 4.81. The van der Waals surface area contributed by atoms with Gasteiger partial charge in [-0.05, 0) is 0 Å². The third-order valence-electron chi connectivity index (χ3n) is 1.09. The number of nitrogens with zero attached hydrogens (tertiary/aromatic N) is 1. The summed E-state index contributed by atoms with van der Waals surface area (Å²) in [6.07, 6.45) is 4.10. The van der Waals surface area contributed by atoms with Gasteiger partial charge in [-0.3, -0.25) is 4.90 Å². The van der Waals surface area contributed by atoms with Crippen LogP contribution in [0, 0.1) is 0 Å². The molecule has 1 aliphatic heterocycles. The molecule has 0 radical (unpaired) electrons. The van der Waals surface area contributed by atoms with Crippen LogP contribution < -0.4 is 0 Å². The van der Waals surface area contributed by atoms with Crippen molar-refractivity contribution in [1.29, 1.82) is 0 Å². The third kappa shape index (κ3) is 1.01. The molecule has 1 rings (SSSR count). The maximum atomic E-state index is 8.45. The Morgan fingerprint density at radius 3 is 2.29 bits per heavy atom. The Morgan fingerprint density at radius 1 is 1.43 bits per heavy atom. The SMILES string of the molecule is OCN1CC=CC1. The summed E-state index contributed by atoms with van der Waals surface area (Å²) in [5.74, 6) is 0. The average molecular weight is 99.1 g/mol. The fourth-order valence-electron chi connectivity index (χ4n) is 0.637. The number of hydrogen-bond donors (Lipinski definition) is 1. The minimum atomic E-state index is 0.188. The second-order valence-electron chi connectivity index (χ2n) is 1.65. The van der Waals surface area contributed by atoms with Gasteiger partial charge in [0, 0.05) is 13.1 Å². The highest BCUT2D eigenvalue weighted by molar-refractivity contribution is 4.94. The first-order chi connectivity index (χ1) is 3.43. The summed E-state index contributed by atoms with van der Waals surface area (Å²) in [6.45, 7) is 2.01. The molecular formula is C5H9NO. The topological polar surface area (TPSA) is 23.5 Å². The van der Waals surface area contributed by atoms with Crippen LogP contribution in [0.3, 0.4) is 0 Å². The highest BCUT2D eigenvalue weighted by atomic mass is 16.3. The zero-order valence-electron chi connectivity index (χ0n) is 4.17. The summed E-state index contributed by atoms with van der Waals surface area (Å²) in [5, 5.41) is 8.45. The third-order valence-corrected chi connectivity index (χ3v) is 1.09. The predicted molar refractivity (Wildman–Crippen MR) is 27.8 cm³/mol. The highest BCUT2D eigenvalue weighted by Gasteiger charge is 2.00. The number of aliphatic hydroxyl groups excluding tert-OH is 1. The molecule has 1 aliphatic rings. The molecule has 0 aromatic carbocycles. The molecule has 40 valence electrons. The van der Waals surface area contributed by atoms with E-state index in [1.54, 1.807) is 0 Å². The van der Waals surface area contributed by atoms with Crippen molar-refractivity contribution < 1.29 is 5.11 Å². The zero-order chi connectivity index (χ0) is 5.11. The molecule has 2 nitrogen and oxygen atoms in total. The van der Waals surface area contributed by atoms with Gasteiger partial charge in [0.1, 0.15) is 0 Å². The van der Waals surface area contributed by atoms with Gasteiger partial charge in [-0.1, -0.05) is 12.2 Å². The van der Waals surface area contributed by atoms with Gasteiger partial charge in [0.25, 0.3) is 0 Å². The fourth-order valence-corrected chi connectivity index (χ4v) is 0.637. The average Bonchev–Trinajstić information content (AvgIpc) is 2.14. The van der Waals surface area contributed by atoms with Gasteiger partial charge in [0.2, 0.25) is 0 Å². The van der Waals surface area contributed by atoms with E-state index in [4.69, 9.17) is 5.11 Å². The van der Waals surface area contributed by atoms with Crippen LogP contribution in [0.5, 0.6) is 0 Å². The summed E-state index contributed by atoms with van der Waals surface area (Å²) in [7, 11) is 0. The standard InChI is InChI=1S/C5H9NO/c7-5-6-3-1-2-4-6/h1-2,7H,3-5H2. The molecule has 0 spiro atoms. The lowest BCUT2D eigenvalue weighted by Gasteiger charge is -2.07. The quantitative estimate of drug-likeness (QED) is 0.460. The van der Waals surface area contributed by atoms with Gasteiger partial charge in [-0.25, -0.2) is 0 Å². The van der Waals surface area contributed by atoms with Crippen molar-refractivity contribution in [2.75, 3.05) is 19.8 Å². The lowest BCUT2D eigenvalue weighted by atomic mass is 10.6. The molecule has 2 heteroatoms. The van der Waals surface area contributed by atoms with Gasteiger partial charge in [0.05, 0.1) is 6.73 Å². The Kier molecular flexibility index (Phi) is 1.44. The summed E-state index contributed by atoms with van der Waals surface area (Å²) in [6, 6.07) is 0. The summed E-state index contributed by atoms with van der Waals surface area (Å²) in [4.78, 5) is 1.93. The van der Waals surface area contributed by atoms with Crippen LogP contribution in [-0.2, 0) is 0 Å². The molecule has 0 fully saturated rings. The lowest BCUT2D eigenvalue weighted by molar-refractivity contribution is 0.137. The lowest BCUT2D eigenvalue weighted by Crippen LogP contribution is -2.20. The Bertz CT molecular complexity index is 72.1. The van der Waals surface area contributed by atoms with Crippen LogP contribution in [0.2, 0.25) is 0 Å². The molecule has 1 N–H and O–H groups in total. The Balaban J connectivity index is 2.22. The smallest absolute Gasteiger partial charge is 0.0961 e. The van der Waals surface area contributed by atoms with Crippen molar-refractivity contribution in [3.63, 3.8) is 0 Å². The van der Waals surface area contributed by atoms with Crippen molar-refractivity contribution in [2.24, 2.45) is 0 Å². The monoisotopic (exact) mass is 99.1 g/mol. The number of hydrogen-bond acceptors (Lipinski definition) is 2. The number of aliphatic hydroxyl groups is 1. The van der Waals surface area contributed by atoms with E-state index in [0.29, 0.717) is 0 Å². The predicted octanol–water partition coefficient (Wildman–Crippen LogP) is -0.192. The van der Waals surface area contributed by atoms with E-state index in [0.717, 1.165) is 13.1 Å². The normalized spacial score (nSPS) is 21.3. The molecule has 0 saturated carbocycles. The van der Waals surface area contributed by atoms with E-state index in [1.165, 1.54) is 0 Å². The van der Waals surface area contributed by atoms with Gasteiger partial charge in [-0.2, -0.15) is 0 Å². The van der Waals surface area contributed by atoms with Gasteiger partial charge < -0.3 is 5.11 Å². The summed E-state index contributed by atoms with van der Waals surface area (Å²) >= 11 is 0. The largest absolute Gasteiger partial charge is 0.381 e. The molecule has 0 amide bonds. The molecule has 0 bridgehead atoms. The van der Waals surface area contributed by atoms with Crippen LogP contribution in [0.25, 0.3) is 0 Å². The van der Waals surface area contributed by atoms with Gasteiger partial charge in [0.15, 0.2) is 0 Å². The second-order valence-corrected chi connectivity index (χ2v) is 1.65. The maximum Gasteiger partial charge on any atom is 0.0961 e. The Hall–Kier alpha value is -0.340. The number of rotatable bonds is 1. The summed E-state index contributed by atoms with van der Waals surface area (Å²) in [5.41, 5.74) is 0. The van der Waals surface area contributed by atoms with Gasteiger partial charge in [-0.15, -0.1) is 0 Å². The first-order valence-corrected chi connectivity index (χ1v) is 2.41. The van der Waals surface area contributed by atoms with Crippen LogP contribution in [0.15, 0.2) is 12.2 Å². The van der Waals surface area contributed by atoms with Gasteiger partial charge >= 0.3 is 0 Å². The van der Waals surface area contributed by atoms with Crippen molar-refractivity contribution in [3.8, 4) is 0 Å². The highest BCUT2D eigenvalue weighted by Crippen LogP contribution is 1.94. The maximum absolute atomic E-state index is 8.45. The summed E-state index contributed by atoms with van der Waals surface area (Å²) < 4.78 is 0. The second kappa shape index (κ2) is 2.09. The molecular weight excluding hydrogens is 90.1 g/mol. The van der Waals surface area contributed by atoms with Crippen molar-refractivity contribution in [1.82, 2.24) is 4.90 Å². The molecule has 0 aromatic heterocycles. The zero-order valence-corrected chi connectivity index (χ0v) is 4.17. The van der Waals surface area contributed by atoms with Crippen molar-refractivity contribution in [3.05, 3.63) is 12.2 Å². The molecule has 0 atom stereocenters. The minimum absolute atomic E-state index is 0.188. The van der Waals surface area contributed by atoms with Crippen molar-refractivity contribution >= 4 is 0 Å². The van der Waals surface area contributed by atoms with Crippen LogP contribution in [0.4, 0.5) is 0 Å². The molecule has 1 heterocycles. The van der Waals surface area contributed by atoms with E-state index in [1.807, 2.05) is 4.90 Å². The van der Waals surface area contributed by atoms with E-state index in [-0.39, 0.29) is 6.73 Å². The Labute approximate surface area is 43.1 Å². The molecule has 7 heavy (non-hydrogen) atoms. The van der Waals surface area contributed by atoms with E-state index in [2.05, 4.69) is 12.2 Å². The first-order valence-electron chi connectivity index (χ1n) is 2.41. The molecule has 0 aliphatic carbocycles. The van der Waals surface area contributed by atoms with E-state index < -0.39 is 0 Å².